The summed E-state index contributed by atoms with van der Waals surface area (Å²) in [5.74, 6) is 4.44. The molecule has 6 heteroatoms. The van der Waals surface area contributed by atoms with E-state index < -0.39 is 6.04 Å². The fourth-order valence-electron chi connectivity index (χ4n) is 2.13. The number of nitrogens with zero attached hydrogens (tertiary/aromatic N) is 1. The molecule has 0 spiro atoms. The van der Waals surface area contributed by atoms with Gasteiger partial charge in [-0.25, -0.2) is 4.39 Å². The van der Waals surface area contributed by atoms with Crippen LogP contribution >= 0.6 is 0 Å². The molecule has 1 fully saturated rings. The van der Waals surface area contributed by atoms with Crippen molar-refractivity contribution >= 4 is 11.8 Å². The number of carbonyl (C=O) groups excluding carboxylic acids is 2. The smallest absolute Gasteiger partial charge is 0.243 e. The van der Waals surface area contributed by atoms with Crippen LogP contribution in [0, 0.1) is 17.7 Å². The maximum atomic E-state index is 13.3. The molecule has 110 valence electrons. The van der Waals surface area contributed by atoms with Gasteiger partial charge in [0.05, 0.1) is 19.1 Å². The van der Waals surface area contributed by atoms with Gasteiger partial charge in [0.15, 0.2) is 0 Å². The van der Waals surface area contributed by atoms with Gasteiger partial charge in [-0.15, -0.1) is 0 Å². The predicted octanol–water partition coefficient (Wildman–Crippen LogP) is -0.0172. The van der Waals surface area contributed by atoms with Gasteiger partial charge >= 0.3 is 0 Å². The highest BCUT2D eigenvalue weighted by Gasteiger charge is 2.30. The van der Waals surface area contributed by atoms with E-state index in [0.717, 1.165) is 5.56 Å². The molecule has 0 saturated carbocycles. The molecule has 5 nitrogen and oxygen atoms in total. The largest absolute Gasteiger partial charge is 0.320 e. The lowest BCUT2D eigenvalue weighted by Gasteiger charge is -2.31. The van der Waals surface area contributed by atoms with Crippen LogP contribution in [0.5, 0.6) is 0 Å². The fourth-order valence-corrected chi connectivity index (χ4v) is 2.13. The Morgan fingerprint density at radius 2 is 2.24 bits per heavy atom. The number of hydrogen-bond acceptors (Lipinski definition) is 4. The van der Waals surface area contributed by atoms with Crippen LogP contribution in [-0.4, -0.2) is 35.8 Å². The van der Waals surface area contributed by atoms with Crippen molar-refractivity contribution in [3.05, 3.63) is 35.1 Å². The molecule has 1 aromatic carbocycles. The minimum absolute atomic E-state index is 0.119. The van der Waals surface area contributed by atoms with E-state index >= 15 is 0 Å². The molecule has 21 heavy (non-hydrogen) atoms. The third-order valence-corrected chi connectivity index (χ3v) is 3.31. The highest BCUT2D eigenvalue weighted by atomic mass is 19.1. The first-order chi connectivity index (χ1) is 10.0. The second kappa shape index (κ2) is 6.48. The fraction of sp³-hybridized carbons (Fsp3) is 0.333. The lowest BCUT2D eigenvalue weighted by Crippen LogP contribution is -2.56. The minimum Gasteiger partial charge on any atom is -0.320 e. The van der Waals surface area contributed by atoms with Gasteiger partial charge in [-0.2, -0.15) is 0 Å². The molecule has 0 bridgehead atoms. The molecule has 2 amide bonds. The van der Waals surface area contributed by atoms with Crippen molar-refractivity contribution in [1.29, 1.82) is 0 Å². The number of nitrogens with two attached hydrogens (primary N) is 1. The van der Waals surface area contributed by atoms with Crippen molar-refractivity contribution in [2.24, 2.45) is 5.73 Å². The number of amides is 2. The van der Waals surface area contributed by atoms with Crippen LogP contribution in [0.25, 0.3) is 0 Å². The molecule has 1 aliphatic heterocycles. The van der Waals surface area contributed by atoms with Gasteiger partial charge < -0.3 is 5.73 Å². The van der Waals surface area contributed by atoms with E-state index in [1.165, 1.54) is 12.1 Å². The zero-order valence-corrected chi connectivity index (χ0v) is 11.6. The van der Waals surface area contributed by atoms with Crippen molar-refractivity contribution < 1.29 is 14.0 Å². The summed E-state index contributed by atoms with van der Waals surface area (Å²) in [7, 11) is 0. The molecule has 1 aromatic rings. The lowest BCUT2D eigenvalue weighted by atomic mass is 10.1. The first-order valence-corrected chi connectivity index (χ1v) is 6.56. The summed E-state index contributed by atoms with van der Waals surface area (Å²) >= 11 is 0. The number of hydrogen-bond donors (Lipinski definition) is 2. The van der Waals surface area contributed by atoms with Crippen LogP contribution in [0.2, 0.25) is 0 Å². The predicted molar refractivity (Wildman–Crippen MR) is 75.4 cm³/mol. The van der Waals surface area contributed by atoms with E-state index in [1.807, 2.05) is 0 Å². The van der Waals surface area contributed by atoms with Crippen LogP contribution in [0.3, 0.4) is 0 Å². The lowest BCUT2D eigenvalue weighted by molar-refractivity contribution is -0.139. The molecular formula is C15H16FN3O2. The first kappa shape index (κ1) is 15.2. The van der Waals surface area contributed by atoms with E-state index in [1.54, 1.807) is 17.9 Å². The summed E-state index contributed by atoms with van der Waals surface area (Å²) in [5, 5.41) is 2.28. The number of carbonyl (C=O) groups is 2. The number of halogens is 1. The van der Waals surface area contributed by atoms with E-state index in [0.29, 0.717) is 12.1 Å². The van der Waals surface area contributed by atoms with Crippen LogP contribution in [0.4, 0.5) is 4.39 Å². The maximum Gasteiger partial charge on any atom is 0.243 e. The Hall–Kier alpha value is -2.23. The Bertz CT molecular complexity index is 634. The quantitative estimate of drug-likeness (QED) is 0.593. The highest BCUT2D eigenvalue weighted by molar-refractivity contribution is 6.00. The number of benzene rings is 1. The minimum atomic E-state index is -0.428. The van der Waals surface area contributed by atoms with Crippen molar-refractivity contribution in [2.45, 2.75) is 19.5 Å². The summed E-state index contributed by atoms with van der Waals surface area (Å²) in [5.41, 5.74) is 6.61. The summed E-state index contributed by atoms with van der Waals surface area (Å²) in [6.45, 7) is 2.36. The van der Waals surface area contributed by atoms with Gasteiger partial charge in [-0.3, -0.25) is 19.8 Å². The van der Waals surface area contributed by atoms with Gasteiger partial charge in [0, 0.05) is 12.1 Å². The van der Waals surface area contributed by atoms with Gasteiger partial charge in [-0.1, -0.05) is 17.9 Å². The highest BCUT2D eigenvalue weighted by Crippen LogP contribution is 2.16. The first-order valence-electron chi connectivity index (χ1n) is 6.56. The van der Waals surface area contributed by atoms with Crippen molar-refractivity contribution in [1.82, 2.24) is 10.2 Å². The molecule has 0 radical (unpaired) electrons. The van der Waals surface area contributed by atoms with Crippen LogP contribution < -0.4 is 11.1 Å². The van der Waals surface area contributed by atoms with Gasteiger partial charge in [0.1, 0.15) is 5.82 Å². The standard InChI is InChI=1S/C15H16FN3O2/c1-10-15(21)18-14(20)9-19(10)8-12-4-5-13(16)7-11(12)3-2-6-17/h4-5,7,10H,6,8-9,17H2,1H3,(H,18,20,21). The summed E-state index contributed by atoms with van der Waals surface area (Å²) in [4.78, 5) is 24.8. The van der Waals surface area contributed by atoms with Crippen molar-refractivity contribution in [3.8, 4) is 11.8 Å². The monoisotopic (exact) mass is 289 g/mol. The maximum absolute atomic E-state index is 13.3. The van der Waals surface area contributed by atoms with Gasteiger partial charge in [-0.05, 0) is 24.6 Å². The molecule has 1 heterocycles. The molecule has 1 aliphatic rings. The molecule has 3 N–H and O–H groups in total. The van der Waals surface area contributed by atoms with Crippen molar-refractivity contribution in [2.75, 3.05) is 13.1 Å². The molecule has 0 aliphatic carbocycles. The summed E-state index contributed by atoms with van der Waals surface area (Å²) < 4.78 is 13.3. The van der Waals surface area contributed by atoms with Crippen LogP contribution in [0.1, 0.15) is 18.1 Å². The van der Waals surface area contributed by atoms with E-state index in [9.17, 15) is 14.0 Å². The van der Waals surface area contributed by atoms with Gasteiger partial charge in [0.25, 0.3) is 0 Å². The number of nitrogens with one attached hydrogen (secondary N) is 1. The number of imide groups is 1. The Morgan fingerprint density at radius 1 is 1.48 bits per heavy atom. The van der Waals surface area contributed by atoms with Crippen LogP contribution in [-0.2, 0) is 16.1 Å². The third-order valence-electron chi connectivity index (χ3n) is 3.31. The van der Waals surface area contributed by atoms with E-state index in [-0.39, 0.29) is 30.7 Å². The zero-order chi connectivity index (χ0) is 15.4. The normalized spacial score (nSPS) is 18.9. The number of piperazine rings is 1. The Morgan fingerprint density at radius 3 is 2.95 bits per heavy atom. The Kier molecular flexibility index (Phi) is 4.68. The SMILES string of the molecule is CC1C(=O)NC(=O)CN1Cc1ccc(F)cc1C#CCN. The summed E-state index contributed by atoms with van der Waals surface area (Å²) in [6.07, 6.45) is 0. The molecule has 0 aromatic heterocycles. The molecular weight excluding hydrogens is 273 g/mol. The zero-order valence-electron chi connectivity index (χ0n) is 11.6. The van der Waals surface area contributed by atoms with Crippen molar-refractivity contribution in [3.63, 3.8) is 0 Å². The van der Waals surface area contributed by atoms with E-state index in [4.69, 9.17) is 5.73 Å². The molecule has 1 unspecified atom stereocenters. The number of rotatable bonds is 2. The molecule has 1 atom stereocenters. The second-order valence-electron chi connectivity index (χ2n) is 4.80. The summed E-state index contributed by atoms with van der Waals surface area (Å²) in [6, 6.07) is 3.84. The molecule has 2 rings (SSSR count). The average molecular weight is 289 g/mol. The average Bonchev–Trinajstić information content (AvgIpc) is 2.44. The van der Waals surface area contributed by atoms with Crippen LogP contribution in [0.15, 0.2) is 18.2 Å². The Balaban J connectivity index is 2.26. The third kappa shape index (κ3) is 3.66. The molecule has 1 saturated heterocycles. The van der Waals surface area contributed by atoms with E-state index in [2.05, 4.69) is 17.2 Å². The topological polar surface area (TPSA) is 75.4 Å². The Labute approximate surface area is 122 Å². The second-order valence-corrected chi connectivity index (χ2v) is 4.80. The van der Waals surface area contributed by atoms with Gasteiger partial charge in [0.2, 0.25) is 11.8 Å².